The Morgan fingerprint density at radius 3 is 1.97 bits per heavy atom. The third-order valence-corrected chi connectivity index (χ3v) is 4.99. The van der Waals surface area contributed by atoms with Gasteiger partial charge in [0.2, 0.25) is 5.43 Å². The largest absolute Gasteiger partial charge is 0.573 e. The van der Waals surface area contributed by atoms with E-state index in [1.165, 1.54) is 31.2 Å². The predicted molar refractivity (Wildman–Crippen MR) is 108 cm³/mol. The van der Waals surface area contributed by atoms with Crippen molar-refractivity contribution in [2.24, 2.45) is 0 Å². The highest BCUT2D eigenvalue weighted by Crippen LogP contribution is 2.30. The molecule has 0 aliphatic carbocycles. The summed E-state index contributed by atoms with van der Waals surface area (Å²) in [4.78, 5) is 12.9. The van der Waals surface area contributed by atoms with Gasteiger partial charge in [-0.15, -0.1) is 13.2 Å². The Kier molecular flexibility index (Phi) is 5.12. The monoisotopic (exact) mass is 447 g/mol. The van der Waals surface area contributed by atoms with Crippen molar-refractivity contribution in [2.45, 2.75) is 13.3 Å². The number of hydrogen-bond acceptors (Lipinski definition) is 3. The van der Waals surface area contributed by atoms with Crippen LogP contribution in [0.3, 0.4) is 0 Å². The molecule has 0 bridgehead atoms. The number of hydrogen-bond donors (Lipinski definition) is 1. The standard InChI is InChI=1S/C23H14F5NO3/c1-12-20(22(30)21-18(25)10-16(24)11-19(21)29(12)31)15-4-2-13(3-5-15)14-6-8-17(9-7-14)32-23(26,27)28/h2-11,31H,1H3. The zero-order chi connectivity index (χ0) is 23.2. The van der Waals surface area contributed by atoms with Gasteiger partial charge in [-0.2, -0.15) is 4.73 Å². The second-order valence-corrected chi connectivity index (χ2v) is 7.03. The van der Waals surface area contributed by atoms with E-state index < -0.39 is 28.8 Å². The van der Waals surface area contributed by atoms with E-state index in [1.807, 2.05) is 0 Å². The first-order valence-electron chi connectivity index (χ1n) is 9.25. The van der Waals surface area contributed by atoms with Gasteiger partial charge >= 0.3 is 6.36 Å². The molecule has 9 heteroatoms. The average Bonchev–Trinajstić information content (AvgIpc) is 2.71. The SMILES string of the molecule is Cc1c(-c2ccc(-c3ccc(OC(F)(F)F)cc3)cc2)c(=O)c2c(F)cc(F)cc2n1O. The Morgan fingerprint density at radius 1 is 0.875 bits per heavy atom. The van der Waals surface area contributed by atoms with E-state index in [9.17, 15) is 32.0 Å². The van der Waals surface area contributed by atoms with Crippen LogP contribution in [0.25, 0.3) is 33.2 Å². The maximum Gasteiger partial charge on any atom is 0.573 e. The summed E-state index contributed by atoms with van der Waals surface area (Å²) < 4.78 is 69.1. The van der Waals surface area contributed by atoms with E-state index in [0.717, 1.165) is 6.07 Å². The Balaban J connectivity index is 1.74. The quantitative estimate of drug-likeness (QED) is 0.307. The molecular weight excluding hydrogens is 433 g/mol. The molecule has 0 amide bonds. The first kappa shape index (κ1) is 21.4. The lowest BCUT2D eigenvalue weighted by Crippen LogP contribution is -2.16. The van der Waals surface area contributed by atoms with Crippen LogP contribution in [0.1, 0.15) is 5.69 Å². The van der Waals surface area contributed by atoms with Gasteiger partial charge in [-0.25, -0.2) is 8.78 Å². The molecule has 32 heavy (non-hydrogen) atoms. The number of aromatic nitrogens is 1. The fourth-order valence-electron chi connectivity index (χ4n) is 3.55. The van der Waals surface area contributed by atoms with Crippen molar-refractivity contribution in [3.8, 4) is 28.0 Å². The summed E-state index contributed by atoms with van der Waals surface area (Å²) in [5, 5.41) is 9.92. The van der Waals surface area contributed by atoms with Crippen molar-refractivity contribution in [2.75, 3.05) is 0 Å². The van der Waals surface area contributed by atoms with Gasteiger partial charge in [-0.05, 0) is 35.7 Å². The summed E-state index contributed by atoms with van der Waals surface area (Å²) in [6.45, 7) is 1.44. The van der Waals surface area contributed by atoms with E-state index in [2.05, 4.69) is 4.74 Å². The molecule has 0 saturated carbocycles. The Labute approximate surface area is 177 Å². The highest BCUT2D eigenvalue weighted by molar-refractivity contribution is 5.86. The number of pyridine rings is 1. The minimum Gasteiger partial charge on any atom is -0.428 e. The summed E-state index contributed by atoms with van der Waals surface area (Å²) in [6, 6.07) is 13.1. The molecule has 0 fully saturated rings. The van der Waals surface area contributed by atoms with Crippen molar-refractivity contribution in [1.29, 1.82) is 0 Å². The van der Waals surface area contributed by atoms with Gasteiger partial charge < -0.3 is 9.94 Å². The Morgan fingerprint density at radius 2 is 1.41 bits per heavy atom. The molecule has 0 spiro atoms. The van der Waals surface area contributed by atoms with E-state index in [4.69, 9.17) is 0 Å². The molecule has 4 aromatic rings. The van der Waals surface area contributed by atoms with Gasteiger partial charge in [0.15, 0.2) is 0 Å². The van der Waals surface area contributed by atoms with Crippen LogP contribution in [0.4, 0.5) is 22.0 Å². The van der Waals surface area contributed by atoms with E-state index in [1.54, 1.807) is 24.3 Å². The summed E-state index contributed by atoms with van der Waals surface area (Å²) in [5.41, 5.74) is 0.751. The van der Waals surface area contributed by atoms with Gasteiger partial charge in [-0.3, -0.25) is 4.79 Å². The second-order valence-electron chi connectivity index (χ2n) is 7.03. The highest BCUT2D eigenvalue weighted by atomic mass is 19.4. The molecule has 0 aliphatic heterocycles. The number of ether oxygens (including phenoxy) is 1. The number of alkyl halides is 3. The molecule has 4 nitrogen and oxygen atoms in total. The molecule has 3 aromatic carbocycles. The molecule has 1 N–H and O–H groups in total. The smallest absolute Gasteiger partial charge is 0.428 e. The molecular formula is C23H14F5NO3. The number of benzene rings is 3. The van der Waals surface area contributed by atoms with Crippen LogP contribution >= 0.6 is 0 Å². The summed E-state index contributed by atoms with van der Waals surface area (Å²) in [5.74, 6) is -2.38. The van der Waals surface area contributed by atoms with Crippen LogP contribution in [0.15, 0.2) is 65.5 Å². The lowest BCUT2D eigenvalue weighted by atomic mass is 9.97. The van der Waals surface area contributed by atoms with Gasteiger partial charge in [0.05, 0.1) is 22.2 Å². The molecule has 0 unspecified atom stereocenters. The van der Waals surface area contributed by atoms with E-state index >= 15 is 0 Å². The summed E-state index contributed by atoms with van der Waals surface area (Å²) in [6.07, 6.45) is -4.79. The third kappa shape index (κ3) is 3.89. The van der Waals surface area contributed by atoms with Crippen molar-refractivity contribution in [3.05, 3.63) is 88.2 Å². The van der Waals surface area contributed by atoms with Crippen LogP contribution in [0.5, 0.6) is 5.75 Å². The molecule has 4 rings (SSSR count). The fourth-order valence-corrected chi connectivity index (χ4v) is 3.55. The second kappa shape index (κ2) is 7.67. The van der Waals surface area contributed by atoms with E-state index in [-0.39, 0.29) is 22.5 Å². The topological polar surface area (TPSA) is 51.5 Å². The number of fused-ring (bicyclic) bond motifs is 1. The Bertz CT molecular complexity index is 1380. The fraction of sp³-hybridized carbons (Fsp3) is 0.0870. The van der Waals surface area contributed by atoms with Crippen LogP contribution in [-0.4, -0.2) is 16.3 Å². The van der Waals surface area contributed by atoms with Crippen molar-refractivity contribution in [3.63, 3.8) is 0 Å². The maximum atomic E-state index is 14.3. The first-order chi connectivity index (χ1) is 15.0. The van der Waals surface area contributed by atoms with Gasteiger partial charge in [-0.1, -0.05) is 36.4 Å². The molecule has 0 atom stereocenters. The average molecular weight is 447 g/mol. The normalized spacial score (nSPS) is 11.7. The lowest BCUT2D eigenvalue weighted by molar-refractivity contribution is -0.274. The zero-order valence-electron chi connectivity index (χ0n) is 16.4. The van der Waals surface area contributed by atoms with Crippen LogP contribution in [-0.2, 0) is 0 Å². The van der Waals surface area contributed by atoms with E-state index in [0.29, 0.717) is 27.5 Å². The molecule has 1 heterocycles. The summed E-state index contributed by atoms with van der Waals surface area (Å²) in [7, 11) is 0. The first-order valence-corrected chi connectivity index (χ1v) is 9.25. The lowest BCUT2D eigenvalue weighted by Gasteiger charge is -2.14. The van der Waals surface area contributed by atoms with Crippen LogP contribution < -0.4 is 10.2 Å². The van der Waals surface area contributed by atoms with Crippen LogP contribution in [0.2, 0.25) is 0 Å². The minimum absolute atomic E-state index is 0.0333. The van der Waals surface area contributed by atoms with Gasteiger partial charge in [0.1, 0.15) is 17.4 Å². The van der Waals surface area contributed by atoms with Crippen molar-refractivity contribution < 1.29 is 31.9 Å². The van der Waals surface area contributed by atoms with Crippen LogP contribution in [0, 0.1) is 18.6 Å². The van der Waals surface area contributed by atoms with Crippen molar-refractivity contribution in [1.82, 2.24) is 4.73 Å². The Hall–Kier alpha value is -3.88. The van der Waals surface area contributed by atoms with Gasteiger partial charge in [0, 0.05) is 12.1 Å². The molecule has 0 aliphatic rings. The number of nitrogens with zero attached hydrogens (tertiary/aromatic N) is 1. The van der Waals surface area contributed by atoms with Gasteiger partial charge in [0.25, 0.3) is 0 Å². The predicted octanol–water partition coefficient (Wildman–Crippen LogP) is 6.06. The third-order valence-electron chi connectivity index (χ3n) is 4.99. The molecule has 0 saturated heterocycles. The minimum atomic E-state index is -4.79. The van der Waals surface area contributed by atoms with Crippen molar-refractivity contribution >= 4 is 10.9 Å². The number of halogens is 5. The molecule has 1 aromatic heterocycles. The summed E-state index contributed by atoms with van der Waals surface area (Å²) >= 11 is 0. The highest BCUT2D eigenvalue weighted by Gasteiger charge is 2.31. The maximum absolute atomic E-state index is 14.3. The zero-order valence-corrected chi connectivity index (χ0v) is 16.4. The molecule has 0 radical (unpaired) electrons. The number of rotatable bonds is 3. The molecule has 164 valence electrons.